The Labute approximate surface area is 159 Å². The van der Waals surface area contributed by atoms with Crippen LogP contribution < -0.4 is 10.2 Å². The third kappa shape index (κ3) is 3.41. The van der Waals surface area contributed by atoms with E-state index in [0.29, 0.717) is 0 Å². The van der Waals surface area contributed by atoms with Crippen molar-refractivity contribution >= 4 is 39.0 Å². The number of piperidine rings is 1. The van der Waals surface area contributed by atoms with Gasteiger partial charge in [0.15, 0.2) is 11.5 Å². The number of carbonyl (C=O) groups excluding carboxylic acids is 1. The number of benzene rings is 1. The number of hydrogen-bond donors (Lipinski definition) is 1. The van der Waals surface area contributed by atoms with Crippen molar-refractivity contribution in [2.45, 2.75) is 19.8 Å². The summed E-state index contributed by atoms with van der Waals surface area (Å²) in [5, 5.41) is 15.7. The first-order valence-electron chi connectivity index (χ1n) is 8.60. The van der Waals surface area contributed by atoms with Crippen LogP contribution in [0.1, 0.15) is 18.7 Å². The van der Waals surface area contributed by atoms with Crippen LogP contribution in [0.25, 0.3) is 5.65 Å². The number of fused-ring (bicyclic) bond motifs is 1. The minimum atomic E-state index is 0.0234. The van der Waals surface area contributed by atoms with Crippen molar-refractivity contribution in [1.82, 2.24) is 19.8 Å². The fourth-order valence-electron chi connectivity index (χ4n) is 3.20. The Morgan fingerprint density at radius 3 is 2.58 bits per heavy atom. The van der Waals surface area contributed by atoms with Gasteiger partial charge in [0.1, 0.15) is 5.82 Å². The summed E-state index contributed by atoms with van der Waals surface area (Å²) in [6, 6.07) is 11.5. The van der Waals surface area contributed by atoms with Gasteiger partial charge >= 0.3 is 0 Å². The molecule has 7 nitrogen and oxygen atoms in total. The van der Waals surface area contributed by atoms with Crippen molar-refractivity contribution in [3.63, 3.8) is 0 Å². The highest BCUT2D eigenvalue weighted by atomic mass is 79.9. The molecule has 0 spiro atoms. The van der Waals surface area contributed by atoms with Gasteiger partial charge in [0.25, 0.3) is 0 Å². The largest absolute Gasteiger partial charge is 0.355 e. The summed E-state index contributed by atoms with van der Waals surface area (Å²) in [6.07, 6.45) is 1.62. The first-order chi connectivity index (χ1) is 12.6. The lowest BCUT2D eigenvalue weighted by molar-refractivity contribution is -0.120. The van der Waals surface area contributed by atoms with Crippen LogP contribution in [0.3, 0.4) is 0 Å². The zero-order valence-corrected chi connectivity index (χ0v) is 16.0. The number of hydrogen-bond acceptors (Lipinski definition) is 5. The van der Waals surface area contributed by atoms with E-state index in [9.17, 15) is 4.79 Å². The van der Waals surface area contributed by atoms with Gasteiger partial charge in [0, 0.05) is 29.2 Å². The van der Waals surface area contributed by atoms with E-state index in [1.165, 1.54) is 0 Å². The van der Waals surface area contributed by atoms with Gasteiger partial charge in [-0.05, 0) is 56.2 Å². The summed E-state index contributed by atoms with van der Waals surface area (Å²) in [6.45, 7) is 3.49. The molecule has 134 valence electrons. The SMILES string of the molecule is Cc1nnc2ccc(N3CCC(C(=O)Nc4ccc(Br)cc4)CC3)nn12. The Kier molecular flexibility index (Phi) is 4.58. The van der Waals surface area contributed by atoms with Gasteiger partial charge in [0.2, 0.25) is 5.91 Å². The number of rotatable bonds is 3. The lowest BCUT2D eigenvalue weighted by Gasteiger charge is -2.32. The maximum atomic E-state index is 12.5. The smallest absolute Gasteiger partial charge is 0.227 e. The van der Waals surface area contributed by atoms with Gasteiger partial charge in [0.05, 0.1) is 0 Å². The molecular weight excluding hydrogens is 396 g/mol. The Morgan fingerprint density at radius 1 is 1.12 bits per heavy atom. The Hall–Kier alpha value is -2.48. The Morgan fingerprint density at radius 2 is 1.85 bits per heavy atom. The molecule has 1 aliphatic heterocycles. The standard InChI is InChI=1S/C18H19BrN6O/c1-12-21-22-16-6-7-17(23-25(12)16)24-10-8-13(9-11-24)18(26)20-15-4-2-14(19)3-5-15/h2-7,13H,8-11H2,1H3,(H,20,26). The summed E-state index contributed by atoms with van der Waals surface area (Å²) in [5.41, 5.74) is 1.57. The molecule has 1 N–H and O–H groups in total. The number of aryl methyl sites for hydroxylation is 1. The molecular formula is C18H19BrN6O. The van der Waals surface area contributed by atoms with Crippen molar-refractivity contribution < 1.29 is 4.79 Å². The number of nitrogens with one attached hydrogen (secondary N) is 1. The van der Waals surface area contributed by atoms with E-state index in [4.69, 9.17) is 0 Å². The van der Waals surface area contributed by atoms with Crippen LogP contribution in [0.2, 0.25) is 0 Å². The molecule has 1 aliphatic rings. The predicted molar refractivity (Wildman–Crippen MR) is 103 cm³/mol. The molecule has 0 unspecified atom stereocenters. The fourth-order valence-corrected chi connectivity index (χ4v) is 3.47. The summed E-state index contributed by atoms with van der Waals surface area (Å²) < 4.78 is 2.75. The molecule has 4 rings (SSSR count). The van der Waals surface area contributed by atoms with E-state index < -0.39 is 0 Å². The van der Waals surface area contributed by atoms with Crippen LogP contribution >= 0.6 is 15.9 Å². The fraction of sp³-hybridized carbons (Fsp3) is 0.333. The van der Waals surface area contributed by atoms with Gasteiger partial charge in [-0.15, -0.1) is 15.3 Å². The van der Waals surface area contributed by atoms with Gasteiger partial charge in [-0.1, -0.05) is 15.9 Å². The molecule has 0 aliphatic carbocycles. The predicted octanol–water partition coefficient (Wildman–Crippen LogP) is 3.05. The Bertz CT molecular complexity index is 931. The molecule has 2 aromatic heterocycles. The lowest BCUT2D eigenvalue weighted by Crippen LogP contribution is -2.38. The lowest BCUT2D eigenvalue weighted by atomic mass is 9.96. The van der Waals surface area contributed by atoms with Crippen molar-refractivity contribution in [2.24, 2.45) is 5.92 Å². The maximum Gasteiger partial charge on any atom is 0.227 e. The summed E-state index contributed by atoms with van der Waals surface area (Å²) in [5.74, 6) is 1.78. The highest BCUT2D eigenvalue weighted by Gasteiger charge is 2.26. The number of nitrogens with zero attached hydrogens (tertiary/aromatic N) is 5. The average molecular weight is 415 g/mol. The second-order valence-corrected chi connectivity index (χ2v) is 7.38. The van der Waals surface area contributed by atoms with Crippen molar-refractivity contribution in [3.05, 3.63) is 46.7 Å². The molecule has 1 fully saturated rings. The van der Waals surface area contributed by atoms with Crippen LogP contribution in [-0.4, -0.2) is 38.8 Å². The molecule has 0 saturated carbocycles. The molecule has 3 aromatic rings. The van der Waals surface area contributed by atoms with Crippen LogP contribution in [0.4, 0.5) is 11.5 Å². The summed E-state index contributed by atoms with van der Waals surface area (Å²) >= 11 is 3.40. The highest BCUT2D eigenvalue weighted by molar-refractivity contribution is 9.10. The van der Waals surface area contributed by atoms with Crippen molar-refractivity contribution in [3.8, 4) is 0 Å². The number of halogens is 1. The van der Waals surface area contributed by atoms with Gasteiger partial charge in [-0.25, -0.2) is 0 Å². The second-order valence-electron chi connectivity index (χ2n) is 6.47. The normalized spacial score (nSPS) is 15.4. The molecule has 26 heavy (non-hydrogen) atoms. The molecule has 0 atom stereocenters. The van der Waals surface area contributed by atoms with Crippen LogP contribution in [0, 0.1) is 12.8 Å². The van der Waals surface area contributed by atoms with E-state index in [1.807, 2.05) is 43.3 Å². The first kappa shape index (κ1) is 17.0. The van der Waals surface area contributed by atoms with Gasteiger partial charge in [-0.2, -0.15) is 4.52 Å². The quantitative estimate of drug-likeness (QED) is 0.712. The van der Waals surface area contributed by atoms with Crippen LogP contribution in [-0.2, 0) is 4.79 Å². The van der Waals surface area contributed by atoms with Gasteiger partial charge < -0.3 is 10.2 Å². The zero-order chi connectivity index (χ0) is 18.1. The van der Waals surface area contributed by atoms with E-state index in [0.717, 1.165) is 53.4 Å². The maximum absolute atomic E-state index is 12.5. The number of anilines is 2. The molecule has 0 radical (unpaired) electrons. The van der Waals surface area contributed by atoms with Crippen molar-refractivity contribution in [1.29, 1.82) is 0 Å². The number of carbonyl (C=O) groups is 1. The third-order valence-corrected chi connectivity index (χ3v) is 5.23. The number of amides is 1. The van der Waals surface area contributed by atoms with Gasteiger partial charge in [-0.3, -0.25) is 4.79 Å². The van der Waals surface area contributed by atoms with Crippen LogP contribution in [0.15, 0.2) is 40.9 Å². The first-order valence-corrected chi connectivity index (χ1v) is 9.40. The summed E-state index contributed by atoms with van der Waals surface area (Å²) in [4.78, 5) is 14.7. The molecule has 1 aromatic carbocycles. The minimum absolute atomic E-state index is 0.0234. The highest BCUT2D eigenvalue weighted by Crippen LogP contribution is 2.24. The molecule has 1 saturated heterocycles. The number of aromatic nitrogens is 4. The average Bonchev–Trinajstić information content (AvgIpc) is 3.04. The molecule has 8 heteroatoms. The Balaban J connectivity index is 1.39. The minimum Gasteiger partial charge on any atom is -0.355 e. The van der Waals surface area contributed by atoms with Crippen molar-refractivity contribution in [2.75, 3.05) is 23.3 Å². The van der Waals surface area contributed by atoms with E-state index in [2.05, 4.69) is 41.4 Å². The van der Waals surface area contributed by atoms with E-state index >= 15 is 0 Å². The molecule has 0 bridgehead atoms. The second kappa shape index (κ2) is 7.03. The topological polar surface area (TPSA) is 75.4 Å². The van der Waals surface area contributed by atoms with Crippen LogP contribution in [0.5, 0.6) is 0 Å². The molecule has 3 heterocycles. The third-order valence-electron chi connectivity index (χ3n) is 4.71. The summed E-state index contributed by atoms with van der Waals surface area (Å²) in [7, 11) is 0. The van der Waals surface area contributed by atoms with E-state index in [1.54, 1.807) is 4.52 Å². The van der Waals surface area contributed by atoms with E-state index in [-0.39, 0.29) is 11.8 Å². The zero-order valence-electron chi connectivity index (χ0n) is 14.4. The molecule has 1 amide bonds. The monoisotopic (exact) mass is 414 g/mol.